The Morgan fingerprint density at radius 1 is 0.926 bits per heavy atom. The molecule has 0 bridgehead atoms. The minimum absolute atomic E-state index is 0.0705. The van der Waals surface area contributed by atoms with E-state index in [1.165, 1.54) is 6.92 Å². The van der Waals surface area contributed by atoms with E-state index in [0.29, 0.717) is 38.9 Å². The van der Waals surface area contributed by atoms with Crippen LogP contribution in [0.2, 0.25) is 0 Å². The molecule has 8 heteroatoms. The summed E-state index contributed by atoms with van der Waals surface area (Å²) >= 11 is 0. The molecule has 0 unspecified atom stereocenters. The number of ether oxygens (including phenoxy) is 1. The van der Waals surface area contributed by atoms with Crippen molar-refractivity contribution in [3.63, 3.8) is 0 Å². The van der Waals surface area contributed by atoms with Crippen LogP contribution in [0, 0.1) is 0 Å². The SMILES string of the molecule is CCCN(CCC(=O)CCCNC(C)=O)C(=O)CCNC(=O)OC(C)(C)C. The van der Waals surface area contributed by atoms with Gasteiger partial charge in [0.05, 0.1) is 0 Å². The fourth-order valence-electron chi connectivity index (χ4n) is 2.31. The van der Waals surface area contributed by atoms with Crippen molar-refractivity contribution in [3.8, 4) is 0 Å². The zero-order valence-corrected chi connectivity index (χ0v) is 17.4. The fourth-order valence-corrected chi connectivity index (χ4v) is 2.31. The summed E-state index contributed by atoms with van der Waals surface area (Å²) in [5.74, 6) is -0.137. The van der Waals surface area contributed by atoms with Gasteiger partial charge in [-0.05, 0) is 33.6 Å². The second-order valence-corrected chi connectivity index (χ2v) is 7.43. The monoisotopic (exact) mass is 385 g/mol. The Balaban J connectivity index is 4.18. The number of amides is 3. The topological polar surface area (TPSA) is 105 Å². The van der Waals surface area contributed by atoms with Crippen LogP contribution in [0.25, 0.3) is 0 Å². The molecule has 0 aromatic heterocycles. The van der Waals surface area contributed by atoms with Crippen molar-refractivity contribution in [2.45, 2.75) is 72.3 Å². The first-order valence-corrected chi connectivity index (χ1v) is 9.56. The van der Waals surface area contributed by atoms with Gasteiger partial charge in [0.25, 0.3) is 0 Å². The Kier molecular flexibility index (Phi) is 12.1. The number of ketones is 1. The van der Waals surface area contributed by atoms with Gasteiger partial charge >= 0.3 is 6.09 Å². The zero-order valence-electron chi connectivity index (χ0n) is 17.4. The summed E-state index contributed by atoms with van der Waals surface area (Å²) in [5.41, 5.74) is -0.581. The molecule has 0 saturated heterocycles. The van der Waals surface area contributed by atoms with Crippen molar-refractivity contribution in [2.24, 2.45) is 0 Å². The molecule has 0 aliphatic carbocycles. The van der Waals surface area contributed by atoms with Gasteiger partial charge in [-0.3, -0.25) is 14.4 Å². The number of carbonyl (C=O) groups excluding carboxylic acids is 4. The second-order valence-electron chi connectivity index (χ2n) is 7.43. The molecule has 0 fully saturated rings. The smallest absolute Gasteiger partial charge is 0.407 e. The highest BCUT2D eigenvalue weighted by atomic mass is 16.6. The van der Waals surface area contributed by atoms with Gasteiger partial charge in [0, 0.05) is 52.4 Å². The van der Waals surface area contributed by atoms with Crippen molar-refractivity contribution in [3.05, 3.63) is 0 Å². The highest BCUT2D eigenvalue weighted by Crippen LogP contribution is 2.06. The third-order valence-electron chi connectivity index (χ3n) is 3.52. The predicted octanol–water partition coefficient (Wildman–Crippen LogP) is 2.02. The van der Waals surface area contributed by atoms with Crippen LogP contribution in [-0.4, -0.2) is 60.4 Å². The highest BCUT2D eigenvalue weighted by Gasteiger charge is 2.17. The average Bonchev–Trinajstić information content (AvgIpc) is 2.53. The van der Waals surface area contributed by atoms with Crippen LogP contribution in [0.4, 0.5) is 4.79 Å². The van der Waals surface area contributed by atoms with Gasteiger partial charge in [0.15, 0.2) is 0 Å². The molecule has 0 aromatic carbocycles. The minimum Gasteiger partial charge on any atom is -0.444 e. The fraction of sp³-hybridized carbons (Fsp3) is 0.789. The standard InChI is InChI=1S/C19H35N3O5/c1-6-13-22(14-10-16(24)8-7-11-20-15(2)23)17(25)9-12-21-18(26)27-19(3,4)5/h6-14H2,1-5H3,(H,20,23)(H,21,26). The van der Waals surface area contributed by atoms with Crippen molar-refractivity contribution < 1.29 is 23.9 Å². The van der Waals surface area contributed by atoms with E-state index in [1.807, 2.05) is 6.92 Å². The average molecular weight is 386 g/mol. The molecule has 0 atom stereocenters. The normalized spacial score (nSPS) is 10.9. The first-order chi connectivity index (χ1) is 12.5. The summed E-state index contributed by atoms with van der Waals surface area (Å²) in [6.45, 7) is 10.3. The number of nitrogens with one attached hydrogen (secondary N) is 2. The van der Waals surface area contributed by atoms with Crippen LogP contribution >= 0.6 is 0 Å². The highest BCUT2D eigenvalue weighted by molar-refractivity contribution is 5.81. The molecule has 0 aromatic rings. The van der Waals surface area contributed by atoms with Crippen molar-refractivity contribution in [1.82, 2.24) is 15.5 Å². The summed E-state index contributed by atoms with van der Waals surface area (Å²) < 4.78 is 5.12. The molecule has 2 N–H and O–H groups in total. The Labute approximate surface area is 162 Å². The number of rotatable bonds is 12. The third kappa shape index (κ3) is 14.7. The zero-order chi connectivity index (χ0) is 20.9. The van der Waals surface area contributed by atoms with Gasteiger partial charge in [-0.2, -0.15) is 0 Å². The van der Waals surface area contributed by atoms with Gasteiger partial charge in [0.2, 0.25) is 11.8 Å². The van der Waals surface area contributed by atoms with Crippen molar-refractivity contribution in [2.75, 3.05) is 26.2 Å². The van der Waals surface area contributed by atoms with Gasteiger partial charge < -0.3 is 20.3 Å². The molecule has 156 valence electrons. The number of hydrogen-bond acceptors (Lipinski definition) is 5. The van der Waals surface area contributed by atoms with E-state index in [1.54, 1.807) is 25.7 Å². The quantitative estimate of drug-likeness (QED) is 0.500. The lowest BCUT2D eigenvalue weighted by Crippen LogP contribution is -2.38. The third-order valence-corrected chi connectivity index (χ3v) is 3.52. The van der Waals surface area contributed by atoms with E-state index in [-0.39, 0.29) is 30.6 Å². The molecule has 0 aliphatic rings. The summed E-state index contributed by atoms with van der Waals surface area (Å²) in [6, 6.07) is 0. The number of carbonyl (C=O) groups is 4. The Hall–Kier alpha value is -2.12. The van der Waals surface area contributed by atoms with Crippen LogP contribution in [0.3, 0.4) is 0 Å². The predicted molar refractivity (Wildman–Crippen MR) is 103 cm³/mol. The maximum absolute atomic E-state index is 12.3. The van der Waals surface area contributed by atoms with Gasteiger partial charge in [-0.15, -0.1) is 0 Å². The summed E-state index contributed by atoms with van der Waals surface area (Å²) in [5, 5.41) is 5.22. The van der Waals surface area contributed by atoms with Crippen molar-refractivity contribution >= 4 is 23.7 Å². The van der Waals surface area contributed by atoms with Crippen LogP contribution < -0.4 is 10.6 Å². The molecule has 0 spiro atoms. The van der Waals surface area contributed by atoms with Gasteiger partial charge in [-0.1, -0.05) is 6.92 Å². The molecule has 0 radical (unpaired) electrons. The van der Waals surface area contributed by atoms with E-state index in [2.05, 4.69) is 10.6 Å². The summed E-state index contributed by atoms with van der Waals surface area (Å²) in [4.78, 5) is 48.3. The van der Waals surface area contributed by atoms with E-state index in [9.17, 15) is 19.2 Å². The van der Waals surface area contributed by atoms with E-state index in [4.69, 9.17) is 4.74 Å². The number of Topliss-reactive ketones (excluding diaryl/α,β-unsaturated/α-hetero) is 1. The van der Waals surface area contributed by atoms with Gasteiger partial charge in [-0.25, -0.2) is 4.79 Å². The second kappa shape index (κ2) is 13.1. The maximum Gasteiger partial charge on any atom is 0.407 e. The Morgan fingerprint density at radius 2 is 1.59 bits per heavy atom. The van der Waals surface area contributed by atoms with Gasteiger partial charge in [0.1, 0.15) is 11.4 Å². The lowest BCUT2D eigenvalue weighted by molar-refractivity contribution is -0.131. The summed E-state index contributed by atoms with van der Waals surface area (Å²) in [7, 11) is 0. The molecule has 3 amide bonds. The number of nitrogens with zero attached hydrogens (tertiary/aromatic N) is 1. The molecule has 8 nitrogen and oxygen atoms in total. The van der Waals surface area contributed by atoms with Crippen molar-refractivity contribution in [1.29, 1.82) is 0 Å². The molecule has 0 aliphatic heterocycles. The van der Waals surface area contributed by atoms with Crippen LogP contribution in [0.15, 0.2) is 0 Å². The Morgan fingerprint density at radius 3 is 2.15 bits per heavy atom. The molecule has 0 rings (SSSR count). The first kappa shape index (κ1) is 24.9. The first-order valence-electron chi connectivity index (χ1n) is 9.56. The maximum atomic E-state index is 12.3. The molecule has 0 saturated carbocycles. The Bertz CT molecular complexity index is 500. The van der Waals surface area contributed by atoms with E-state index >= 15 is 0 Å². The largest absolute Gasteiger partial charge is 0.444 e. The van der Waals surface area contributed by atoms with Crippen LogP contribution in [0.1, 0.15) is 66.7 Å². The molecular formula is C19H35N3O5. The number of alkyl carbamates (subject to hydrolysis) is 1. The molecule has 0 heterocycles. The van der Waals surface area contributed by atoms with E-state index in [0.717, 1.165) is 6.42 Å². The number of hydrogen-bond donors (Lipinski definition) is 2. The van der Waals surface area contributed by atoms with Crippen LogP contribution in [0.5, 0.6) is 0 Å². The minimum atomic E-state index is -0.581. The van der Waals surface area contributed by atoms with Crippen LogP contribution in [-0.2, 0) is 19.1 Å². The molecular weight excluding hydrogens is 350 g/mol. The lowest BCUT2D eigenvalue weighted by Gasteiger charge is -2.23. The summed E-state index contributed by atoms with van der Waals surface area (Å²) in [6.07, 6.45) is 1.68. The lowest BCUT2D eigenvalue weighted by atomic mass is 10.1. The molecule has 27 heavy (non-hydrogen) atoms. The van der Waals surface area contributed by atoms with E-state index < -0.39 is 11.7 Å².